The molecule has 16 heavy (non-hydrogen) atoms. The van der Waals surface area contributed by atoms with Crippen LogP contribution in [-0.2, 0) is 16.0 Å². The van der Waals surface area contributed by atoms with Crippen molar-refractivity contribution in [3.8, 4) is 5.75 Å². The average molecular weight is 220 g/mol. The SMILES string of the molecule is C=CCCOc1ccc(CC(=O)OC)cc1. The fourth-order valence-corrected chi connectivity index (χ4v) is 1.20. The molecule has 0 radical (unpaired) electrons. The molecule has 0 N–H and O–H groups in total. The Morgan fingerprint density at radius 1 is 1.38 bits per heavy atom. The number of rotatable bonds is 6. The fourth-order valence-electron chi connectivity index (χ4n) is 1.20. The highest BCUT2D eigenvalue weighted by Gasteiger charge is 2.02. The molecule has 0 fully saturated rings. The van der Waals surface area contributed by atoms with Crippen LogP contribution in [0.4, 0.5) is 0 Å². The van der Waals surface area contributed by atoms with Gasteiger partial charge in [0.2, 0.25) is 0 Å². The van der Waals surface area contributed by atoms with Gasteiger partial charge in [-0.2, -0.15) is 0 Å². The summed E-state index contributed by atoms with van der Waals surface area (Å²) in [4.78, 5) is 11.0. The third-order valence-corrected chi connectivity index (χ3v) is 2.09. The molecule has 1 rings (SSSR count). The number of esters is 1. The summed E-state index contributed by atoms with van der Waals surface area (Å²) in [5.74, 6) is 0.566. The van der Waals surface area contributed by atoms with Gasteiger partial charge in [0.1, 0.15) is 5.75 Å². The maximum Gasteiger partial charge on any atom is 0.309 e. The zero-order chi connectivity index (χ0) is 11.8. The van der Waals surface area contributed by atoms with Gasteiger partial charge in [-0.25, -0.2) is 0 Å². The molecule has 0 spiro atoms. The van der Waals surface area contributed by atoms with E-state index in [0.29, 0.717) is 13.0 Å². The zero-order valence-corrected chi connectivity index (χ0v) is 9.44. The van der Waals surface area contributed by atoms with E-state index in [9.17, 15) is 4.79 Å². The number of carbonyl (C=O) groups is 1. The van der Waals surface area contributed by atoms with Crippen molar-refractivity contribution < 1.29 is 14.3 Å². The Hall–Kier alpha value is -1.77. The van der Waals surface area contributed by atoms with Gasteiger partial charge in [0.15, 0.2) is 0 Å². The molecule has 0 aliphatic heterocycles. The second-order valence-corrected chi connectivity index (χ2v) is 3.32. The average Bonchev–Trinajstić information content (AvgIpc) is 2.31. The van der Waals surface area contributed by atoms with Crippen LogP contribution in [0.5, 0.6) is 5.75 Å². The maximum atomic E-state index is 11.0. The van der Waals surface area contributed by atoms with Crippen molar-refractivity contribution in [1.82, 2.24) is 0 Å². The summed E-state index contributed by atoms with van der Waals surface area (Å²) < 4.78 is 10.0. The summed E-state index contributed by atoms with van der Waals surface area (Å²) in [5.41, 5.74) is 0.919. The van der Waals surface area contributed by atoms with Gasteiger partial charge in [0, 0.05) is 0 Å². The van der Waals surface area contributed by atoms with Crippen LogP contribution in [0.3, 0.4) is 0 Å². The van der Waals surface area contributed by atoms with E-state index in [1.807, 2.05) is 30.3 Å². The Morgan fingerprint density at radius 2 is 2.06 bits per heavy atom. The van der Waals surface area contributed by atoms with Gasteiger partial charge in [-0.05, 0) is 24.1 Å². The summed E-state index contributed by atoms with van der Waals surface area (Å²) in [5, 5.41) is 0. The molecule has 0 amide bonds. The van der Waals surface area contributed by atoms with E-state index in [1.165, 1.54) is 7.11 Å². The number of carbonyl (C=O) groups excluding carboxylic acids is 1. The van der Waals surface area contributed by atoms with Crippen LogP contribution in [0.15, 0.2) is 36.9 Å². The van der Waals surface area contributed by atoms with Gasteiger partial charge in [-0.15, -0.1) is 6.58 Å². The first-order valence-electron chi connectivity index (χ1n) is 5.15. The van der Waals surface area contributed by atoms with Gasteiger partial charge in [0.25, 0.3) is 0 Å². The first-order chi connectivity index (χ1) is 7.76. The van der Waals surface area contributed by atoms with Crippen molar-refractivity contribution in [3.63, 3.8) is 0 Å². The summed E-state index contributed by atoms with van der Waals surface area (Å²) in [6.45, 7) is 4.24. The van der Waals surface area contributed by atoms with E-state index in [1.54, 1.807) is 0 Å². The number of hydrogen-bond acceptors (Lipinski definition) is 3. The minimum absolute atomic E-state index is 0.236. The van der Waals surface area contributed by atoms with Gasteiger partial charge in [-0.3, -0.25) is 4.79 Å². The lowest BCUT2D eigenvalue weighted by Gasteiger charge is -2.05. The number of benzene rings is 1. The summed E-state index contributed by atoms with van der Waals surface area (Å²) >= 11 is 0. The third-order valence-electron chi connectivity index (χ3n) is 2.09. The fraction of sp³-hybridized carbons (Fsp3) is 0.308. The first-order valence-corrected chi connectivity index (χ1v) is 5.15. The molecule has 0 unspecified atom stereocenters. The molecule has 3 nitrogen and oxygen atoms in total. The van der Waals surface area contributed by atoms with Crippen LogP contribution in [0.2, 0.25) is 0 Å². The molecular formula is C13H16O3. The molecular weight excluding hydrogens is 204 g/mol. The van der Waals surface area contributed by atoms with Crippen LogP contribution < -0.4 is 4.74 Å². The van der Waals surface area contributed by atoms with Crippen molar-refractivity contribution in [3.05, 3.63) is 42.5 Å². The van der Waals surface area contributed by atoms with Crippen LogP contribution in [-0.4, -0.2) is 19.7 Å². The molecule has 0 aromatic heterocycles. The van der Waals surface area contributed by atoms with Crippen LogP contribution in [0, 0.1) is 0 Å². The molecule has 0 saturated heterocycles. The first kappa shape index (κ1) is 12.3. The Kier molecular flexibility index (Phi) is 5.12. The topological polar surface area (TPSA) is 35.5 Å². The van der Waals surface area contributed by atoms with E-state index in [-0.39, 0.29) is 5.97 Å². The van der Waals surface area contributed by atoms with Crippen molar-refractivity contribution in [2.75, 3.05) is 13.7 Å². The largest absolute Gasteiger partial charge is 0.493 e. The van der Waals surface area contributed by atoms with Gasteiger partial charge in [0.05, 0.1) is 20.1 Å². The van der Waals surface area contributed by atoms with E-state index >= 15 is 0 Å². The molecule has 0 atom stereocenters. The quantitative estimate of drug-likeness (QED) is 0.419. The molecule has 0 aliphatic rings. The van der Waals surface area contributed by atoms with Gasteiger partial charge >= 0.3 is 5.97 Å². The Balaban J connectivity index is 2.47. The second kappa shape index (κ2) is 6.67. The molecule has 86 valence electrons. The van der Waals surface area contributed by atoms with Crippen molar-refractivity contribution in [1.29, 1.82) is 0 Å². The lowest BCUT2D eigenvalue weighted by atomic mass is 10.1. The summed E-state index contributed by atoms with van der Waals surface area (Å²) in [6.07, 6.45) is 2.93. The smallest absolute Gasteiger partial charge is 0.309 e. The van der Waals surface area contributed by atoms with Crippen LogP contribution in [0.25, 0.3) is 0 Å². The Morgan fingerprint density at radius 3 is 2.62 bits per heavy atom. The zero-order valence-electron chi connectivity index (χ0n) is 9.44. The molecule has 0 saturated carbocycles. The number of ether oxygens (including phenoxy) is 2. The van der Waals surface area contributed by atoms with E-state index in [0.717, 1.165) is 17.7 Å². The molecule has 1 aromatic carbocycles. The monoisotopic (exact) mass is 220 g/mol. The molecule has 3 heteroatoms. The van der Waals surface area contributed by atoms with Gasteiger partial charge in [-0.1, -0.05) is 18.2 Å². The summed E-state index contributed by atoms with van der Waals surface area (Å²) in [6, 6.07) is 7.42. The number of methoxy groups -OCH3 is 1. The summed E-state index contributed by atoms with van der Waals surface area (Å²) in [7, 11) is 1.38. The Bertz CT molecular complexity index is 341. The van der Waals surface area contributed by atoms with Crippen molar-refractivity contribution >= 4 is 5.97 Å². The predicted molar refractivity (Wildman–Crippen MR) is 62.5 cm³/mol. The molecule has 0 bridgehead atoms. The minimum Gasteiger partial charge on any atom is -0.493 e. The van der Waals surface area contributed by atoms with Crippen LogP contribution in [0.1, 0.15) is 12.0 Å². The normalized spacial score (nSPS) is 9.56. The standard InChI is InChI=1S/C13H16O3/c1-3-4-9-16-12-7-5-11(6-8-12)10-13(14)15-2/h3,5-8H,1,4,9-10H2,2H3. The minimum atomic E-state index is -0.236. The third kappa shape index (κ3) is 4.17. The van der Waals surface area contributed by atoms with Crippen molar-refractivity contribution in [2.24, 2.45) is 0 Å². The highest BCUT2D eigenvalue weighted by atomic mass is 16.5. The van der Waals surface area contributed by atoms with E-state index < -0.39 is 0 Å². The maximum absolute atomic E-state index is 11.0. The molecule has 0 aliphatic carbocycles. The predicted octanol–water partition coefficient (Wildman–Crippen LogP) is 2.36. The Labute approximate surface area is 95.7 Å². The highest BCUT2D eigenvalue weighted by molar-refractivity contribution is 5.72. The molecule has 1 aromatic rings. The van der Waals surface area contributed by atoms with Crippen LogP contribution >= 0.6 is 0 Å². The lowest BCUT2D eigenvalue weighted by molar-refractivity contribution is -0.139. The van der Waals surface area contributed by atoms with Gasteiger partial charge < -0.3 is 9.47 Å². The van der Waals surface area contributed by atoms with E-state index in [4.69, 9.17) is 4.74 Å². The molecule has 0 heterocycles. The lowest BCUT2D eigenvalue weighted by Crippen LogP contribution is -2.04. The second-order valence-electron chi connectivity index (χ2n) is 3.32. The number of hydrogen-bond donors (Lipinski definition) is 0. The van der Waals surface area contributed by atoms with E-state index in [2.05, 4.69) is 11.3 Å². The van der Waals surface area contributed by atoms with Crippen molar-refractivity contribution in [2.45, 2.75) is 12.8 Å². The highest BCUT2D eigenvalue weighted by Crippen LogP contribution is 2.13.